The third kappa shape index (κ3) is 2.58. The minimum absolute atomic E-state index is 0.0257. The van der Waals surface area contributed by atoms with Crippen molar-refractivity contribution in [3.63, 3.8) is 0 Å². The number of hydrogen-bond acceptors (Lipinski definition) is 7. The van der Waals surface area contributed by atoms with E-state index in [4.69, 9.17) is 18.9 Å². The highest BCUT2D eigenvalue weighted by molar-refractivity contribution is 6.05. The van der Waals surface area contributed by atoms with Crippen LogP contribution in [0, 0.1) is 34.0 Å². The Labute approximate surface area is 189 Å². The molecule has 7 nitrogen and oxygen atoms in total. The minimum Gasteiger partial charge on any atom is -0.462 e. The van der Waals surface area contributed by atoms with Crippen LogP contribution in [0.25, 0.3) is 0 Å². The molecule has 176 valence electrons. The number of esters is 2. The van der Waals surface area contributed by atoms with Gasteiger partial charge in [-0.15, -0.1) is 0 Å². The van der Waals surface area contributed by atoms with Crippen LogP contribution in [0.1, 0.15) is 52.9 Å². The zero-order chi connectivity index (χ0) is 23.1. The van der Waals surface area contributed by atoms with Gasteiger partial charge in [-0.2, -0.15) is 0 Å². The summed E-state index contributed by atoms with van der Waals surface area (Å²) >= 11 is 0. The highest BCUT2D eigenvalue weighted by Gasteiger charge is 2.80. The van der Waals surface area contributed by atoms with Gasteiger partial charge in [-0.05, 0) is 42.6 Å². The highest BCUT2D eigenvalue weighted by Crippen LogP contribution is 2.73. The lowest BCUT2D eigenvalue weighted by atomic mass is 9.38. The first kappa shape index (κ1) is 22.1. The van der Waals surface area contributed by atoms with Crippen LogP contribution in [-0.2, 0) is 33.3 Å². The topological polar surface area (TPSA) is 88.1 Å². The van der Waals surface area contributed by atoms with E-state index in [2.05, 4.69) is 13.5 Å². The number of methoxy groups -OCH3 is 1. The van der Waals surface area contributed by atoms with Crippen molar-refractivity contribution >= 4 is 17.7 Å². The molecule has 0 aromatic carbocycles. The maximum absolute atomic E-state index is 14.1. The molecule has 0 radical (unpaired) electrons. The molecule has 5 fully saturated rings. The van der Waals surface area contributed by atoms with Crippen LogP contribution in [0.3, 0.4) is 0 Å². The molecule has 5 rings (SSSR count). The molecular formula is C25H34O7. The van der Waals surface area contributed by atoms with Crippen molar-refractivity contribution in [2.75, 3.05) is 20.3 Å². The second-order valence-corrected chi connectivity index (χ2v) is 11.0. The number of hydrogen-bond donors (Lipinski definition) is 0. The summed E-state index contributed by atoms with van der Waals surface area (Å²) in [6.45, 7) is 10.4. The van der Waals surface area contributed by atoms with E-state index >= 15 is 0 Å². The summed E-state index contributed by atoms with van der Waals surface area (Å²) in [5.74, 6) is -1.34. The number of carbonyl (C=O) groups is 3. The second kappa shape index (κ2) is 7.13. The van der Waals surface area contributed by atoms with Crippen molar-refractivity contribution in [1.29, 1.82) is 0 Å². The molecule has 1 saturated heterocycles. The van der Waals surface area contributed by atoms with Crippen LogP contribution >= 0.6 is 0 Å². The van der Waals surface area contributed by atoms with Gasteiger partial charge in [0.15, 0.2) is 5.78 Å². The summed E-state index contributed by atoms with van der Waals surface area (Å²) in [4.78, 5) is 38.5. The van der Waals surface area contributed by atoms with Crippen molar-refractivity contribution in [3.8, 4) is 0 Å². The van der Waals surface area contributed by atoms with Gasteiger partial charge in [0, 0.05) is 38.2 Å². The lowest BCUT2D eigenvalue weighted by molar-refractivity contribution is -0.299. The zero-order valence-corrected chi connectivity index (χ0v) is 19.5. The Morgan fingerprint density at radius 3 is 2.47 bits per heavy atom. The number of carbonyl (C=O) groups excluding carboxylic acids is 3. The maximum atomic E-state index is 14.1. The Hall–Kier alpha value is -1.73. The van der Waals surface area contributed by atoms with Crippen molar-refractivity contribution in [3.05, 3.63) is 12.2 Å². The molecule has 4 saturated carbocycles. The predicted molar refractivity (Wildman–Crippen MR) is 113 cm³/mol. The van der Waals surface area contributed by atoms with Crippen molar-refractivity contribution < 1.29 is 33.3 Å². The van der Waals surface area contributed by atoms with E-state index < -0.39 is 29.7 Å². The SMILES string of the molecule is C=C1C(=O)C23C(OC)CC4C5(C)CCCC4(COC5)C2C(OC(C)=O)CC1C3OC(C)=O. The highest BCUT2D eigenvalue weighted by atomic mass is 16.6. The second-order valence-electron chi connectivity index (χ2n) is 11.0. The van der Waals surface area contributed by atoms with E-state index in [9.17, 15) is 14.4 Å². The van der Waals surface area contributed by atoms with Crippen LogP contribution in [0.5, 0.6) is 0 Å². The lowest BCUT2D eigenvalue weighted by Gasteiger charge is -2.69. The summed E-state index contributed by atoms with van der Waals surface area (Å²) in [6.07, 6.45) is 2.53. The average molecular weight is 447 g/mol. The number of ether oxygens (including phenoxy) is 4. The summed E-state index contributed by atoms with van der Waals surface area (Å²) in [6, 6.07) is 0. The van der Waals surface area contributed by atoms with E-state index in [1.54, 1.807) is 7.11 Å². The number of ketones is 1. The van der Waals surface area contributed by atoms with E-state index in [1.807, 2.05) is 0 Å². The van der Waals surface area contributed by atoms with Crippen LogP contribution in [0.15, 0.2) is 12.2 Å². The summed E-state index contributed by atoms with van der Waals surface area (Å²) < 4.78 is 24.2. The molecule has 5 aliphatic rings. The molecule has 9 unspecified atom stereocenters. The number of rotatable bonds is 3. The van der Waals surface area contributed by atoms with Crippen molar-refractivity contribution in [2.45, 2.75) is 71.2 Å². The normalized spacial score (nSPS) is 49.1. The molecule has 4 aliphatic carbocycles. The molecule has 1 heterocycles. The standard InChI is InChI=1S/C25H34O7/c1-13-16-9-17(31-14(2)26)20-24-8-6-7-23(4,11-30-12-24)18(24)10-19(29-5)25(20,21(13)28)22(16)32-15(3)27/h16-20,22H,1,6-12H2,2-5H3. The smallest absolute Gasteiger partial charge is 0.302 e. The van der Waals surface area contributed by atoms with Gasteiger partial charge in [0.2, 0.25) is 0 Å². The van der Waals surface area contributed by atoms with E-state index in [1.165, 1.54) is 13.8 Å². The molecule has 32 heavy (non-hydrogen) atoms. The van der Waals surface area contributed by atoms with Gasteiger partial charge >= 0.3 is 11.9 Å². The molecule has 1 spiro atoms. The van der Waals surface area contributed by atoms with Crippen molar-refractivity contribution in [1.82, 2.24) is 0 Å². The number of Topliss-reactive ketones (excluding diaryl/α,β-unsaturated/α-hetero) is 1. The van der Waals surface area contributed by atoms with Crippen LogP contribution in [-0.4, -0.2) is 56.4 Å². The molecule has 0 N–H and O–H groups in total. The van der Waals surface area contributed by atoms with Gasteiger partial charge in [0.25, 0.3) is 0 Å². The molecular weight excluding hydrogens is 412 g/mol. The molecule has 0 aromatic rings. The van der Waals surface area contributed by atoms with Crippen LogP contribution in [0.2, 0.25) is 0 Å². The Kier molecular flexibility index (Phi) is 4.92. The van der Waals surface area contributed by atoms with E-state index in [-0.39, 0.29) is 40.3 Å². The lowest BCUT2D eigenvalue weighted by Crippen LogP contribution is -2.74. The fourth-order valence-electron chi connectivity index (χ4n) is 8.80. The monoisotopic (exact) mass is 446 g/mol. The van der Waals surface area contributed by atoms with Crippen molar-refractivity contribution in [2.24, 2.45) is 34.0 Å². The van der Waals surface area contributed by atoms with E-state index in [0.717, 1.165) is 19.3 Å². The Balaban J connectivity index is 1.76. The molecule has 4 bridgehead atoms. The quantitative estimate of drug-likeness (QED) is 0.487. The Morgan fingerprint density at radius 1 is 1.09 bits per heavy atom. The first-order valence-corrected chi connectivity index (χ1v) is 11.8. The third-order valence-electron chi connectivity index (χ3n) is 9.57. The Bertz CT molecular complexity index is 868. The molecule has 1 aliphatic heterocycles. The predicted octanol–water partition coefficient (Wildman–Crippen LogP) is 2.85. The van der Waals surface area contributed by atoms with Crippen LogP contribution in [0.4, 0.5) is 0 Å². The fourth-order valence-corrected chi connectivity index (χ4v) is 8.80. The summed E-state index contributed by atoms with van der Waals surface area (Å²) in [5, 5.41) is 0. The van der Waals surface area contributed by atoms with Gasteiger partial charge in [-0.25, -0.2) is 0 Å². The van der Waals surface area contributed by atoms with Gasteiger partial charge in [0.05, 0.1) is 19.3 Å². The van der Waals surface area contributed by atoms with Gasteiger partial charge in [0.1, 0.15) is 17.6 Å². The van der Waals surface area contributed by atoms with E-state index in [0.29, 0.717) is 31.6 Å². The molecule has 7 heteroatoms. The Morgan fingerprint density at radius 2 is 1.81 bits per heavy atom. The summed E-state index contributed by atoms with van der Waals surface area (Å²) in [5.41, 5.74) is -1.02. The fraction of sp³-hybridized carbons (Fsp3) is 0.800. The van der Waals surface area contributed by atoms with Crippen LogP contribution < -0.4 is 0 Å². The first-order chi connectivity index (χ1) is 15.1. The molecule has 0 aromatic heterocycles. The largest absolute Gasteiger partial charge is 0.462 e. The summed E-state index contributed by atoms with van der Waals surface area (Å²) in [7, 11) is 1.63. The minimum atomic E-state index is -1.12. The average Bonchev–Trinajstić information content (AvgIpc) is 2.83. The van der Waals surface area contributed by atoms with Gasteiger partial charge in [-0.3, -0.25) is 14.4 Å². The number of fused-ring (bicyclic) bond motifs is 1. The third-order valence-corrected chi connectivity index (χ3v) is 9.57. The van der Waals surface area contributed by atoms with Gasteiger partial charge in [-0.1, -0.05) is 19.9 Å². The first-order valence-electron chi connectivity index (χ1n) is 11.8. The van der Waals surface area contributed by atoms with Gasteiger partial charge < -0.3 is 18.9 Å². The maximum Gasteiger partial charge on any atom is 0.302 e. The molecule has 9 atom stereocenters. The zero-order valence-electron chi connectivity index (χ0n) is 19.5. The molecule has 0 amide bonds.